The standard InChI is InChI=1S/C12H11BrO3/c13-9-3-1-8(2-4-9)11-5-12(6-11,10(14)15)16-7-11/h1-4H,5-7H2,(H,14,15). The van der Waals surface area contributed by atoms with Gasteiger partial charge in [-0.3, -0.25) is 0 Å². The van der Waals surface area contributed by atoms with Crippen LogP contribution in [0.15, 0.2) is 28.7 Å². The molecule has 3 aliphatic rings. The van der Waals surface area contributed by atoms with Gasteiger partial charge in [0.25, 0.3) is 0 Å². The number of benzene rings is 1. The molecule has 1 saturated carbocycles. The number of fused-ring (bicyclic) bond motifs is 1. The third-order valence-corrected chi connectivity index (χ3v) is 4.25. The Morgan fingerprint density at radius 2 is 1.94 bits per heavy atom. The van der Waals surface area contributed by atoms with Crippen LogP contribution in [0.3, 0.4) is 0 Å². The van der Waals surface area contributed by atoms with E-state index in [1.807, 2.05) is 24.3 Å². The van der Waals surface area contributed by atoms with E-state index < -0.39 is 11.6 Å². The van der Waals surface area contributed by atoms with E-state index in [-0.39, 0.29) is 5.41 Å². The lowest BCUT2D eigenvalue weighted by Crippen LogP contribution is -2.52. The fraction of sp³-hybridized carbons (Fsp3) is 0.417. The Bertz CT molecular complexity index is 446. The zero-order valence-corrected chi connectivity index (χ0v) is 10.2. The second-order valence-corrected chi connectivity index (χ2v) is 5.64. The molecular weight excluding hydrogens is 272 g/mol. The molecule has 0 aromatic heterocycles. The predicted octanol–water partition coefficient (Wildman–Crippen LogP) is 2.33. The Morgan fingerprint density at radius 3 is 2.44 bits per heavy atom. The molecule has 2 heterocycles. The molecule has 1 aromatic carbocycles. The SMILES string of the molecule is O=C(O)C12CC(c3ccc(Br)cc3)(CO1)C2. The largest absolute Gasteiger partial charge is 0.479 e. The molecule has 1 aliphatic carbocycles. The predicted molar refractivity (Wildman–Crippen MR) is 61.4 cm³/mol. The molecule has 0 unspecified atom stereocenters. The summed E-state index contributed by atoms with van der Waals surface area (Å²) in [6, 6.07) is 8.07. The number of carboxylic acid groups (broad SMARTS) is 1. The summed E-state index contributed by atoms with van der Waals surface area (Å²) in [5.74, 6) is -0.822. The molecule has 2 aliphatic heterocycles. The number of carboxylic acids is 1. The summed E-state index contributed by atoms with van der Waals surface area (Å²) in [5, 5.41) is 9.08. The van der Waals surface area contributed by atoms with Crippen LogP contribution in [0.5, 0.6) is 0 Å². The number of rotatable bonds is 2. The molecule has 4 rings (SSSR count). The maximum absolute atomic E-state index is 11.1. The van der Waals surface area contributed by atoms with Crippen molar-refractivity contribution in [2.45, 2.75) is 23.9 Å². The van der Waals surface area contributed by atoms with Crippen LogP contribution in [0.1, 0.15) is 18.4 Å². The summed E-state index contributed by atoms with van der Waals surface area (Å²) in [7, 11) is 0. The van der Waals surface area contributed by atoms with Crippen molar-refractivity contribution in [3.05, 3.63) is 34.3 Å². The Hall–Kier alpha value is -0.870. The lowest BCUT2D eigenvalue weighted by Gasteiger charge is -2.41. The summed E-state index contributed by atoms with van der Waals surface area (Å²) in [6.45, 7) is 0.529. The van der Waals surface area contributed by atoms with Crippen molar-refractivity contribution in [3.63, 3.8) is 0 Å². The minimum atomic E-state index is -0.896. The van der Waals surface area contributed by atoms with E-state index in [9.17, 15) is 4.79 Å². The van der Waals surface area contributed by atoms with Crippen LogP contribution in [0.4, 0.5) is 0 Å². The first kappa shape index (κ1) is 10.3. The summed E-state index contributed by atoms with van der Waals surface area (Å²) >= 11 is 3.39. The number of hydrogen-bond donors (Lipinski definition) is 1. The first-order valence-electron chi connectivity index (χ1n) is 5.20. The normalized spacial score (nSPS) is 35.8. The van der Waals surface area contributed by atoms with Gasteiger partial charge in [-0.2, -0.15) is 0 Å². The van der Waals surface area contributed by atoms with Gasteiger partial charge in [-0.25, -0.2) is 4.79 Å². The van der Waals surface area contributed by atoms with Crippen LogP contribution < -0.4 is 0 Å². The van der Waals surface area contributed by atoms with Crippen LogP contribution in [0.2, 0.25) is 0 Å². The van der Waals surface area contributed by atoms with Gasteiger partial charge in [0.15, 0.2) is 5.60 Å². The van der Waals surface area contributed by atoms with E-state index in [1.165, 1.54) is 5.56 Å². The van der Waals surface area contributed by atoms with Gasteiger partial charge in [0, 0.05) is 9.89 Å². The minimum absolute atomic E-state index is 0.0565. The zero-order valence-electron chi connectivity index (χ0n) is 8.57. The molecule has 4 heteroatoms. The highest BCUT2D eigenvalue weighted by molar-refractivity contribution is 9.10. The van der Waals surface area contributed by atoms with Gasteiger partial charge < -0.3 is 9.84 Å². The number of halogens is 1. The van der Waals surface area contributed by atoms with Gasteiger partial charge >= 0.3 is 5.97 Å². The first-order valence-corrected chi connectivity index (χ1v) is 5.99. The summed E-state index contributed by atoms with van der Waals surface area (Å²) in [4.78, 5) is 11.1. The van der Waals surface area contributed by atoms with E-state index in [0.29, 0.717) is 19.4 Å². The molecule has 0 radical (unpaired) electrons. The Morgan fingerprint density at radius 1 is 1.31 bits per heavy atom. The number of aliphatic carboxylic acids is 1. The van der Waals surface area contributed by atoms with E-state index in [2.05, 4.69) is 15.9 Å². The first-order chi connectivity index (χ1) is 7.56. The summed E-state index contributed by atoms with van der Waals surface area (Å²) < 4.78 is 6.49. The van der Waals surface area contributed by atoms with Gasteiger partial charge in [0.1, 0.15) is 0 Å². The van der Waals surface area contributed by atoms with Crippen molar-refractivity contribution in [1.82, 2.24) is 0 Å². The van der Waals surface area contributed by atoms with E-state index in [4.69, 9.17) is 9.84 Å². The molecule has 1 N–H and O–H groups in total. The van der Waals surface area contributed by atoms with Crippen LogP contribution in [0.25, 0.3) is 0 Å². The fourth-order valence-electron chi connectivity index (χ4n) is 2.83. The minimum Gasteiger partial charge on any atom is -0.479 e. The lowest BCUT2D eigenvalue weighted by molar-refractivity contribution is -0.162. The molecule has 0 atom stereocenters. The van der Waals surface area contributed by atoms with Crippen molar-refractivity contribution in [1.29, 1.82) is 0 Å². The van der Waals surface area contributed by atoms with Crippen LogP contribution in [-0.4, -0.2) is 23.3 Å². The number of hydrogen-bond acceptors (Lipinski definition) is 2. The lowest BCUT2D eigenvalue weighted by atomic mass is 9.59. The molecule has 0 amide bonds. The fourth-order valence-corrected chi connectivity index (χ4v) is 3.09. The average Bonchev–Trinajstić information content (AvgIpc) is 2.74. The van der Waals surface area contributed by atoms with E-state index >= 15 is 0 Å². The summed E-state index contributed by atoms with van der Waals surface area (Å²) in [6.07, 6.45) is 1.22. The third kappa shape index (κ3) is 1.20. The van der Waals surface area contributed by atoms with Crippen molar-refractivity contribution in [2.24, 2.45) is 0 Å². The van der Waals surface area contributed by atoms with Crippen LogP contribution in [-0.2, 0) is 14.9 Å². The monoisotopic (exact) mass is 282 g/mol. The third-order valence-electron chi connectivity index (χ3n) is 3.72. The Kier molecular flexibility index (Phi) is 1.98. The summed E-state index contributed by atoms with van der Waals surface area (Å²) in [5.41, 5.74) is 0.233. The molecule has 16 heavy (non-hydrogen) atoms. The molecule has 3 fully saturated rings. The van der Waals surface area contributed by atoms with Gasteiger partial charge in [-0.15, -0.1) is 0 Å². The average molecular weight is 283 g/mol. The molecule has 2 saturated heterocycles. The van der Waals surface area contributed by atoms with E-state index in [1.54, 1.807) is 0 Å². The molecule has 0 spiro atoms. The molecule has 84 valence electrons. The highest BCUT2D eigenvalue weighted by Gasteiger charge is 2.67. The molecule has 1 aromatic rings. The van der Waals surface area contributed by atoms with Crippen molar-refractivity contribution in [2.75, 3.05) is 6.61 Å². The van der Waals surface area contributed by atoms with Gasteiger partial charge in [0.05, 0.1) is 6.61 Å². The van der Waals surface area contributed by atoms with Gasteiger partial charge in [-0.1, -0.05) is 28.1 Å². The van der Waals surface area contributed by atoms with Crippen molar-refractivity contribution >= 4 is 21.9 Å². The topological polar surface area (TPSA) is 46.5 Å². The quantitative estimate of drug-likeness (QED) is 0.906. The highest BCUT2D eigenvalue weighted by atomic mass is 79.9. The van der Waals surface area contributed by atoms with E-state index in [0.717, 1.165) is 4.47 Å². The number of ether oxygens (including phenoxy) is 1. The van der Waals surface area contributed by atoms with Crippen LogP contribution in [0, 0.1) is 0 Å². The highest BCUT2D eigenvalue weighted by Crippen LogP contribution is 2.58. The number of carbonyl (C=O) groups is 1. The molecular formula is C12H11BrO3. The Balaban J connectivity index is 1.90. The maximum Gasteiger partial charge on any atom is 0.336 e. The Labute approximate surface area is 102 Å². The second kappa shape index (κ2) is 3.08. The maximum atomic E-state index is 11.1. The molecule has 2 bridgehead atoms. The van der Waals surface area contributed by atoms with Crippen molar-refractivity contribution < 1.29 is 14.6 Å². The zero-order chi connectivity index (χ0) is 11.4. The second-order valence-electron chi connectivity index (χ2n) is 4.73. The van der Waals surface area contributed by atoms with Gasteiger partial charge in [-0.05, 0) is 30.5 Å². The van der Waals surface area contributed by atoms with Crippen molar-refractivity contribution in [3.8, 4) is 0 Å². The van der Waals surface area contributed by atoms with Crippen LogP contribution >= 0.6 is 15.9 Å². The van der Waals surface area contributed by atoms with Gasteiger partial charge in [0.2, 0.25) is 0 Å². The smallest absolute Gasteiger partial charge is 0.336 e. The molecule has 3 nitrogen and oxygen atoms in total.